The Balaban J connectivity index is 2.90. The van der Waals surface area contributed by atoms with Crippen LogP contribution in [0.25, 0.3) is 0 Å². The second-order valence-corrected chi connectivity index (χ2v) is 4.45. The Morgan fingerprint density at radius 2 is 2.17 bits per heavy atom. The first-order valence-electron chi connectivity index (χ1n) is 5.62. The van der Waals surface area contributed by atoms with E-state index in [0.717, 1.165) is 11.5 Å². The molecule has 0 saturated heterocycles. The number of amides is 1. The maximum atomic E-state index is 11.8. The zero-order valence-corrected chi connectivity index (χ0v) is 11.7. The van der Waals surface area contributed by atoms with Crippen molar-refractivity contribution in [2.24, 2.45) is 0 Å². The molecule has 0 spiro atoms. The van der Waals surface area contributed by atoms with E-state index in [9.17, 15) is 9.59 Å². The topological polar surface area (TPSA) is 80.3 Å². The molecule has 0 aliphatic heterocycles. The number of hydrogen-bond donors (Lipinski definition) is 2. The van der Waals surface area contributed by atoms with Crippen molar-refractivity contribution in [2.45, 2.75) is 26.8 Å². The van der Waals surface area contributed by atoms with Gasteiger partial charge in [0.15, 0.2) is 0 Å². The molecule has 0 saturated carbocycles. The zero-order valence-electron chi connectivity index (χ0n) is 10.9. The first kappa shape index (κ1) is 14.4. The minimum Gasteiger partial charge on any atom is -0.462 e. The second kappa shape index (κ2) is 6.34. The minimum atomic E-state index is -0.442. The van der Waals surface area contributed by atoms with Gasteiger partial charge in [0.2, 0.25) is 5.91 Å². The van der Waals surface area contributed by atoms with Gasteiger partial charge in [0.1, 0.15) is 16.6 Å². The first-order chi connectivity index (χ1) is 8.51. The molecule has 1 heterocycles. The van der Waals surface area contributed by atoms with Gasteiger partial charge in [-0.05, 0) is 32.3 Å². The Hall–Kier alpha value is -1.63. The highest BCUT2D eigenvalue weighted by atomic mass is 32.1. The van der Waals surface area contributed by atoms with Gasteiger partial charge in [-0.1, -0.05) is 0 Å². The number of carbonyl (C=O) groups is 2. The third-order valence-electron chi connectivity index (χ3n) is 2.33. The van der Waals surface area contributed by atoms with Crippen molar-refractivity contribution >= 4 is 28.4 Å². The lowest BCUT2D eigenvalue weighted by Crippen LogP contribution is -2.35. The van der Waals surface area contributed by atoms with Crippen molar-refractivity contribution in [3.8, 4) is 0 Å². The summed E-state index contributed by atoms with van der Waals surface area (Å²) >= 11 is 1.14. The number of rotatable bonds is 5. The summed E-state index contributed by atoms with van der Waals surface area (Å²) in [4.78, 5) is 23.2. The summed E-state index contributed by atoms with van der Waals surface area (Å²) in [5.74, 6) is -0.578. The van der Waals surface area contributed by atoms with Crippen LogP contribution in [0.2, 0.25) is 0 Å². The standard InChI is InChI=1S/C11H17N3O3S/c1-5-17-11(16)8-6(2)14-18-10(8)13-7(3)9(15)12-4/h7,13H,5H2,1-4H3,(H,12,15). The molecule has 7 heteroatoms. The zero-order chi connectivity index (χ0) is 13.7. The molecule has 1 rings (SSSR count). The van der Waals surface area contributed by atoms with E-state index in [1.165, 1.54) is 0 Å². The summed E-state index contributed by atoms with van der Waals surface area (Å²) in [6.07, 6.45) is 0. The summed E-state index contributed by atoms with van der Waals surface area (Å²) < 4.78 is 9.07. The number of aryl methyl sites for hydroxylation is 1. The molecular formula is C11H17N3O3S. The quantitative estimate of drug-likeness (QED) is 0.786. The Morgan fingerprint density at radius 1 is 1.50 bits per heavy atom. The highest BCUT2D eigenvalue weighted by Crippen LogP contribution is 2.26. The lowest BCUT2D eigenvalue weighted by Gasteiger charge is -2.12. The lowest BCUT2D eigenvalue weighted by molar-refractivity contribution is -0.121. The summed E-state index contributed by atoms with van der Waals surface area (Å²) in [5.41, 5.74) is 1.00. The fourth-order valence-electron chi connectivity index (χ4n) is 1.39. The molecule has 1 aromatic heterocycles. The SMILES string of the molecule is CCOC(=O)c1c(C)nsc1NC(C)C(=O)NC. The predicted octanol–water partition coefficient (Wildman–Crippen LogP) is 1.17. The van der Waals surface area contributed by atoms with Crippen LogP contribution >= 0.6 is 11.5 Å². The van der Waals surface area contributed by atoms with Gasteiger partial charge in [0.05, 0.1) is 12.3 Å². The monoisotopic (exact) mass is 271 g/mol. The van der Waals surface area contributed by atoms with Crippen LogP contribution in [0.5, 0.6) is 0 Å². The molecule has 2 N–H and O–H groups in total. The number of ether oxygens (including phenoxy) is 1. The van der Waals surface area contributed by atoms with Gasteiger partial charge in [-0.15, -0.1) is 0 Å². The van der Waals surface area contributed by atoms with Crippen LogP contribution in [-0.4, -0.2) is 35.9 Å². The van der Waals surface area contributed by atoms with Crippen LogP contribution in [-0.2, 0) is 9.53 Å². The Kier molecular flexibility index (Phi) is 5.08. The first-order valence-corrected chi connectivity index (χ1v) is 6.40. The van der Waals surface area contributed by atoms with E-state index in [1.54, 1.807) is 27.8 Å². The number of nitrogens with zero attached hydrogens (tertiary/aromatic N) is 1. The van der Waals surface area contributed by atoms with E-state index >= 15 is 0 Å². The van der Waals surface area contributed by atoms with Crippen molar-refractivity contribution in [3.05, 3.63) is 11.3 Å². The summed E-state index contributed by atoms with van der Waals surface area (Å²) in [7, 11) is 1.56. The number of aromatic nitrogens is 1. The summed E-state index contributed by atoms with van der Waals surface area (Å²) in [6, 6.07) is -0.442. The van der Waals surface area contributed by atoms with Crippen molar-refractivity contribution in [1.29, 1.82) is 0 Å². The number of esters is 1. The molecule has 1 amide bonds. The van der Waals surface area contributed by atoms with Crippen LogP contribution in [0, 0.1) is 6.92 Å². The molecule has 0 aromatic carbocycles. The number of anilines is 1. The molecule has 0 bridgehead atoms. The minimum absolute atomic E-state index is 0.157. The third kappa shape index (κ3) is 3.19. The fraction of sp³-hybridized carbons (Fsp3) is 0.545. The lowest BCUT2D eigenvalue weighted by atomic mass is 10.2. The highest BCUT2D eigenvalue weighted by molar-refractivity contribution is 7.10. The van der Waals surface area contributed by atoms with Gasteiger partial charge in [0, 0.05) is 7.05 Å². The maximum absolute atomic E-state index is 11.8. The summed E-state index contributed by atoms with van der Waals surface area (Å²) in [6.45, 7) is 5.49. The number of likely N-dealkylation sites (N-methyl/N-ethyl adjacent to an activating group) is 1. The van der Waals surface area contributed by atoms with E-state index in [1.807, 2.05) is 0 Å². The van der Waals surface area contributed by atoms with Crippen molar-refractivity contribution in [3.63, 3.8) is 0 Å². The molecule has 0 aliphatic carbocycles. The Labute approximate surface area is 110 Å². The Bertz CT molecular complexity index is 445. The van der Waals surface area contributed by atoms with Crippen molar-refractivity contribution in [2.75, 3.05) is 19.0 Å². The fourth-order valence-corrected chi connectivity index (χ4v) is 2.26. The van der Waals surface area contributed by atoms with E-state index < -0.39 is 12.0 Å². The number of carbonyl (C=O) groups excluding carboxylic acids is 2. The molecule has 6 nitrogen and oxygen atoms in total. The third-order valence-corrected chi connectivity index (χ3v) is 3.20. The highest BCUT2D eigenvalue weighted by Gasteiger charge is 2.22. The van der Waals surface area contributed by atoms with E-state index in [0.29, 0.717) is 22.9 Å². The molecule has 18 heavy (non-hydrogen) atoms. The smallest absolute Gasteiger partial charge is 0.343 e. The van der Waals surface area contributed by atoms with E-state index in [2.05, 4.69) is 15.0 Å². The Morgan fingerprint density at radius 3 is 2.72 bits per heavy atom. The van der Waals surface area contributed by atoms with Gasteiger partial charge >= 0.3 is 5.97 Å². The number of hydrogen-bond acceptors (Lipinski definition) is 6. The van der Waals surface area contributed by atoms with Crippen LogP contribution in [0.1, 0.15) is 29.9 Å². The van der Waals surface area contributed by atoms with Crippen LogP contribution < -0.4 is 10.6 Å². The van der Waals surface area contributed by atoms with Gasteiger partial charge < -0.3 is 15.4 Å². The molecular weight excluding hydrogens is 254 g/mol. The molecule has 1 unspecified atom stereocenters. The van der Waals surface area contributed by atoms with E-state index in [4.69, 9.17) is 4.74 Å². The molecule has 0 radical (unpaired) electrons. The average Bonchev–Trinajstić information content (AvgIpc) is 2.69. The predicted molar refractivity (Wildman–Crippen MR) is 70.0 cm³/mol. The maximum Gasteiger partial charge on any atom is 0.343 e. The second-order valence-electron chi connectivity index (χ2n) is 3.67. The molecule has 1 aromatic rings. The van der Waals surface area contributed by atoms with Crippen LogP contribution in [0.15, 0.2) is 0 Å². The van der Waals surface area contributed by atoms with Crippen LogP contribution in [0.4, 0.5) is 5.00 Å². The largest absolute Gasteiger partial charge is 0.462 e. The van der Waals surface area contributed by atoms with Gasteiger partial charge in [-0.3, -0.25) is 4.79 Å². The van der Waals surface area contributed by atoms with Gasteiger partial charge in [-0.25, -0.2) is 4.79 Å². The number of nitrogens with one attached hydrogen (secondary N) is 2. The molecule has 1 atom stereocenters. The van der Waals surface area contributed by atoms with Crippen LogP contribution in [0.3, 0.4) is 0 Å². The summed E-state index contributed by atoms with van der Waals surface area (Å²) in [5, 5.41) is 6.05. The van der Waals surface area contributed by atoms with Gasteiger partial charge in [-0.2, -0.15) is 4.37 Å². The van der Waals surface area contributed by atoms with E-state index in [-0.39, 0.29) is 5.91 Å². The molecule has 0 aliphatic rings. The van der Waals surface area contributed by atoms with Gasteiger partial charge in [0.25, 0.3) is 0 Å². The van der Waals surface area contributed by atoms with Crippen molar-refractivity contribution < 1.29 is 14.3 Å². The van der Waals surface area contributed by atoms with Crippen molar-refractivity contribution in [1.82, 2.24) is 9.69 Å². The normalized spacial score (nSPS) is 11.8. The molecule has 0 fully saturated rings. The molecule has 100 valence electrons. The average molecular weight is 271 g/mol.